The Morgan fingerprint density at radius 2 is 1.34 bits per heavy atom. The van der Waals surface area contributed by atoms with Crippen molar-refractivity contribution in [1.29, 1.82) is 0 Å². The Bertz CT molecular complexity index is 584. The van der Waals surface area contributed by atoms with Crippen LogP contribution in [0.25, 0.3) is 0 Å². The quantitative estimate of drug-likeness (QED) is 0.406. The highest BCUT2D eigenvalue weighted by atomic mass is 16.4. The highest BCUT2D eigenvalue weighted by Gasteiger charge is 2.03. The molecule has 0 bridgehead atoms. The van der Waals surface area contributed by atoms with Crippen LogP contribution < -0.4 is 5.32 Å². The van der Waals surface area contributed by atoms with Crippen LogP contribution >= 0.6 is 0 Å². The zero-order chi connectivity index (χ0) is 22.5. The Morgan fingerprint density at radius 3 is 1.79 bits per heavy atom. The number of unbranched alkanes of at least 4 members (excludes halogenated alkanes) is 5. The van der Waals surface area contributed by atoms with Crippen LogP contribution in [0, 0.1) is 0 Å². The molecule has 0 unspecified atom stereocenters. The van der Waals surface area contributed by atoms with Crippen LogP contribution in [-0.4, -0.2) is 45.7 Å². The van der Waals surface area contributed by atoms with Gasteiger partial charge < -0.3 is 20.6 Å². The summed E-state index contributed by atoms with van der Waals surface area (Å²) >= 11 is 0. The van der Waals surface area contributed by atoms with E-state index < -0.39 is 17.9 Å². The fourth-order valence-electron chi connectivity index (χ4n) is 2.02. The number of nitrogens with one attached hydrogen (secondary N) is 1. The van der Waals surface area contributed by atoms with Gasteiger partial charge in [0.2, 0.25) is 5.91 Å². The molecule has 0 spiro atoms. The SMILES string of the molecule is CC(=O)O.CCCCCCCCNC(=O)CCC(=O)O.O=C(O)c1ccccc1. The van der Waals surface area contributed by atoms with Gasteiger partial charge in [0.1, 0.15) is 0 Å². The lowest BCUT2D eigenvalue weighted by molar-refractivity contribution is -0.138. The van der Waals surface area contributed by atoms with E-state index in [0.717, 1.165) is 19.8 Å². The van der Waals surface area contributed by atoms with Crippen LogP contribution in [0.1, 0.15) is 75.6 Å². The maximum Gasteiger partial charge on any atom is 0.335 e. The van der Waals surface area contributed by atoms with Gasteiger partial charge in [0.15, 0.2) is 0 Å². The van der Waals surface area contributed by atoms with Gasteiger partial charge >= 0.3 is 11.9 Å². The molecule has 0 aromatic heterocycles. The third-order valence-electron chi connectivity index (χ3n) is 3.44. The summed E-state index contributed by atoms with van der Waals surface area (Å²) < 4.78 is 0. The number of carboxylic acids is 3. The first-order chi connectivity index (χ1) is 13.7. The Morgan fingerprint density at radius 1 is 0.828 bits per heavy atom. The maximum absolute atomic E-state index is 11.1. The van der Waals surface area contributed by atoms with Crippen LogP contribution in [0.5, 0.6) is 0 Å². The normalized spacial score (nSPS) is 9.17. The largest absolute Gasteiger partial charge is 0.481 e. The predicted octanol–water partition coefficient (Wildman–Crippen LogP) is 3.80. The highest BCUT2D eigenvalue weighted by Crippen LogP contribution is 2.04. The summed E-state index contributed by atoms with van der Waals surface area (Å²) in [4.78, 5) is 40.5. The van der Waals surface area contributed by atoms with Gasteiger partial charge in [-0.15, -0.1) is 0 Å². The van der Waals surface area contributed by atoms with Gasteiger partial charge in [-0.3, -0.25) is 14.4 Å². The van der Waals surface area contributed by atoms with Crippen molar-refractivity contribution >= 4 is 23.8 Å². The number of carboxylic acid groups (broad SMARTS) is 3. The summed E-state index contributed by atoms with van der Waals surface area (Å²) in [6.07, 6.45) is 7.15. The van der Waals surface area contributed by atoms with Crippen molar-refractivity contribution in [2.24, 2.45) is 0 Å². The van der Waals surface area contributed by atoms with Crippen molar-refractivity contribution < 1.29 is 34.5 Å². The Hall–Kier alpha value is -2.90. The fraction of sp³-hybridized carbons (Fsp3) is 0.524. The first-order valence-corrected chi connectivity index (χ1v) is 9.67. The van der Waals surface area contributed by atoms with Crippen molar-refractivity contribution in [3.8, 4) is 0 Å². The molecule has 0 saturated carbocycles. The monoisotopic (exact) mass is 411 g/mol. The van der Waals surface area contributed by atoms with E-state index in [4.69, 9.17) is 20.1 Å². The smallest absolute Gasteiger partial charge is 0.335 e. The summed E-state index contributed by atoms with van der Waals surface area (Å²) in [5.41, 5.74) is 0.331. The zero-order valence-electron chi connectivity index (χ0n) is 17.2. The molecule has 0 saturated heterocycles. The lowest BCUT2D eigenvalue weighted by Gasteiger charge is -2.04. The van der Waals surface area contributed by atoms with Crippen molar-refractivity contribution in [2.75, 3.05) is 6.54 Å². The number of carbonyl (C=O) groups is 4. The number of hydrogen-bond donors (Lipinski definition) is 4. The number of benzene rings is 1. The van der Waals surface area contributed by atoms with Crippen molar-refractivity contribution in [1.82, 2.24) is 5.32 Å². The van der Waals surface area contributed by atoms with Gasteiger partial charge in [0.25, 0.3) is 5.97 Å². The van der Waals surface area contributed by atoms with E-state index >= 15 is 0 Å². The molecule has 0 fully saturated rings. The highest BCUT2D eigenvalue weighted by molar-refractivity contribution is 5.87. The van der Waals surface area contributed by atoms with E-state index in [1.54, 1.807) is 30.3 Å². The Labute approximate surface area is 171 Å². The molecule has 8 nitrogen and oxygen atoms in total. The number of amides is 1. The minimum Gasteiger partial charge on any atom is -0.481 e. The second-order valence-electron chi connectivity index (χ2n) is 6.20. The Kier molecular flexibility index (Phi) is 19.4. The van der Waals surface area contributed by atoms with Gasteiger partial charge in [0, 0.05) is 19.9 Å². The van der Waals surface area contributed by atoms with Gasteiger partial charge in [0.05, 0.1) is 12.0 Å². The van der Waals surface area contributed by atoms with Crippen molar-refractivity contribution in [3.05, 3.63) is 35.9 Å². The predicted molar refractivity (Wildman–Crippen MR) is 110 cm³/mol. The molecule has 0 radical (unpaired) electrons. The molecule has 1 aromatic rings. The average molecular weight is 411 g/mol. The molecule has 164 valence electrons. The summed E-state index contributed by atoms with van der Waals surface area (Å²) in [5, 5.41) is 26.9. The molecule has 29 heavy (non-hydrogen) atoms. The van der Waals surface area contributed by atoms with Crippen LogP contribution in [0.3, 0.4) is 0 Å². The number of carbonyl (C=O) groups excluding carboxylic acids is 1. The standard InChI is InChI=1S/C12H23NO3.C7H6O2.C2H4O2/c1-2-3-4-5-6-7-10-13-11(14)8-9-12(15)16;8-7(9)6-4-2-1-3-5-6;1-2(3)4/h2-10H2,1H3,(H,13,14)(H,15,16);1-5H,(H,8,9);1H3,(H,3,4). The summed E-state index contributed by atoms with van der Waals surface area (Å²) in [6.45, 7) is 3.94. The van der Waals surface area contributed by atoms with E-state index in [0.29, 0.717) is 12.1 Å². The molecular formula is C21H33NO7. The van der Waals surface area contributed by atoms with Gasteiger partial charge in [-0.1, -0.05) is 57.2 Å². The van der Waals surface area contributed by atoms with Crippen molar-refractivity contribution in [2.45, 2.75) is 65.2 Å². The first-order valence-electron chi connectivity index (χ1n) is 9.67. The minimum absolute atomic E-state index is 0.0810. The van der Waals surface area contributed by atoms with Gasteiger partial charge in [-0.2, -0.15) is 0 Å². The average Bonchev–Trinajstić information content (AvgIpc) is 2.66. The maximum atomic E-state index is 11.1. The van der Waals surface area contributed by atoms with Gasteiger partial charge in [-0.05, 0) is 18.6 Å². The molecule has 1 rings (SSSR count). The second kappa shape index (κ2) is 19.9. The molecule has 0 aliphatic carbocycles. The Balaban J connectivity index is 0. The van der Waals surface area contributed by atoms with E-state index in [1.807, 2.05) is 0 Å². The third-order valence-corrected chi connectivity index (χ3v) is 3.44. The van der Waals surface area contributed by atoms with Crippen molar-refractivity contribution in [3.63, 3.8) is 0 Å². The van der Waals surface area contributed by atoms with E-state index in [-0.39, 0.29) is 18.7 Å². The molecule has 0 heterocycles. The fourth-order valence-corrected chi connectivity index (χ4v) is 2.02. The van der Waals surface area contributed by atoms with Crippen LogP contribution in [0.15, 0.2) is 30.3 Å². The number of aliphatic carboxylic acids is 2. The molecule has 1 amide bonds. The molecule has 0 aliphatic rings. The number of aromatic carboxylic acids is 1. The molecule has 4 N–H and O–H groups in total. The van der Waals surface area contributed by atoms with Crippen LogP contribution in [0.2, 0.25) is 0 Å². The van der Waals surface area contributed by atoms with E-state index in [9.17, 15) is 14.4 Å². The van der Waals surface area contributed by atoms with Crippen LogP contribution in [0.4, 0.5) is 0 Å². The lowest BCUT2D eigenvalue weighted by atomic mass is 10.1. The summed E-state index contributed by atoms with van der Waals surface area (Å²) in [6, 6.07) is 8.30. The summed E-state index contributed by atoms with van der Waals surface area (Å²) in [7, 11) is 0. The molecule has 0 aliphatic heterocycles. The zero-order valence-corrected chi connectivity index (χ0v) is 17.2. The molecular weight excluding hydrogens is 378 g/mol. The van der Waals surface area contributed by atoms with Gasteiger partial charge in [-0.25, -0.2) is 4.79 Å². The lowest BCUT2D eigenvalue weighted by Crippen LogP contribution is -2.24. The van der Waals surface area contributed by atoms with Crippen LogP contribution in [-0.2, 0) is 14.4 Å². The molecule has 0 atom stereocenters. The third kappa shape index (κ3) is 25.1. The van der Waals surface area contributed by atoms with E-state index in [1.165, 1.54) is 25.7 Å². The first kappa shape index (κ1) is 28.3. The summed E-state index contributed by atoms with van der Waals surface area (Å²) in [5.74, 6) is -2.79. The number of rotatable bonds is 11. The van der Waals surface area contributed by atoms with E-state index in [2.05, 4.69) is 12.2 Å². The molecule has 8 heteroatoms. The number of hydrogen-bond acceptors (Lipinski definition) is 4. The topological polar surface area (TPSA) is 141 Å². The minimum atomic E-state index is -0.922. The molecule has 1 aromatic carbocycles. The second-order valence-corrected chi connectivity index (χ2v) is 6.20.